The van der Waals surface area contributed by atoms with Crippen molar-refractivity contribution in [3.05, 3.63) is 65.7 Å². The van der Waals surface area contributed by atoms with Gasteiger partial charge in [-0.05, 0) is 42.3 Å². The summed E-state index contributed by atoms with van der Waals surface area (Å²) >= 11 is 0. The van der Waals surface area contributed by atoms with Crippen molar-refractivity contribution in [2.75, 3.05) is 18.5 Å². The Morgan fingerprint density at radius 2 is 1.60 bits per heavy atom. The van der Waals surface area contributed by atoms with Gasteiger partial charge < -0.3 is 4.90 Å². The summed E-state index contributed by atoms with van der Waals surface area (Å²) in [4.78, 5) is 1.94. The van der Waals surface area contributed by atoms with E-state index < -0.39 is 11.7 Å². The van der Waals surface area contributed by atoms with Crippen molar-refractivity contribution in [3.8, 4) is 0 Å². The average Bonchev–Trinajstić information content (AvgIpc) is 2.45. The Balaban J connectivity index is 1.97. The Labute approximate surface area is 116 Å². The van der Waals surface area contributed by atoms with Gasteiger partial charge >= 0.3 is 6.18 Å². The van der Waals surface area contributed by atoms with Gasteiger partial charge in [0.2, 0.25) is 0 Å². The van der Waals surface area contributed by atoms with Crippen LogP contribution in [0.25, 0.3) is 0 Å². The van der Waals surface area contributed by atoms with Gasteiger partial charge in [-0.2, -0.15) is 13.2 Å². The molecule has 0 saturated carbocycles. The van der Waals surface area contributed by atoms with Gasteiger partial charge in [0.05, 0.1) is 5.56 Å². The smallest absolute Gasteiger partial charge is 0.374 e. The monoisotopic (exact) mass is 278 g/mol. The van der Waals surface area contributed by atoms with E-state index in [1.165, 1.54) is 17.7 Å². The van der Waals surface area contributed by atoms with E-state index in [0.717, 1.165) is 30.8 Å². The Morgan fingerprint density at radius 1 is 1.00 bits per heavy atom. The fraction of sp³-hybridized carbons (Fsp3) is 0.250. The lowest BCUT2D eigenvalue weighted by molar-refractivity contribution is -0.137. The van der Waals surface area contributed by atoms with Crippen molar-refractivity contribution in [2.24, 2.45) is 0 Å². The Kier molecular flexibility index (Phi) is 4.32. The molecule has 2 aromatic rings. The number of likely N-dealkylation sites (N-methyl/N-ethyl adjacent to an activating group) is 1. The first kappa shape index (κ1) is 14.4. The summed E-state index contributed by atoms with van der Waals surface area (Å²) in [6.45, 7) is 0.745. The molecule has 0 amide bonds. The Morgan fingerprint density at radius 3 is 2.15 bits per heavy atom. The highest BCUT2D eigenvalue weighted by atomic mass is 19.4. The van der Waals surface area contributed by atoms with Gasteiger partial charge in [-0.1, -0.05) is 24.3 Å². The van der Waals surface area contributed by atoms with Crippen molar-refractivity contribution in [3.63, 3.8) is 0 Å². The molecule has 0 aliphatic heterocycles. The summed E-state index contributed by atoms with van der Waals surface area (Å²) in [5.41, 5.74) is 1.34. The van der Waals surface area contributed by atoms with E-state index in [-0.39, 0.29) is 0 Å². The molecule has 105 valence electrons. The fourth-order valence-electron chi connectivity index (χ4n) is 1.92. The van der Waals surface area contributed by atoms with Crippen molar-refractivity contribution in [1.29, 1.82) is 0 Å². The standard InChI is InChI=1S/C16H15F3N/c1-20(12-11-13-5-3-2-4-6-13)15-9-7-14(8-10-15)16(17,18)19/h3-10H,11-12H2,1H3. The molecule has 0 aliphatic rings. The summed E-state index contributed by atoms with van der Waals surface area (Å²) in [5, 5.41) is 0. The highest BCUT2D eigenvalue weighted by Gasteiger charge is 2.30. The summed E-state index contributed by atoms with van der Waals surface area (Å²) < 4.78 is 37.4. The minimum Gasteiger partial charge on any atom is -0.374 e. The van der Waals surface area contributed by atoms with Crippen molar-refractivity contribution in [2.45, 2.75) is 12.6 Å². The molecule has 0 spiro atoms. The minimum absolute atomic E-state index is 0.617. The van der Waals surface area contributed by atoms with E-state index in [2.05, 4.69) is 6.07 Å². The molecule has 20 heavy (non-hydrogen) atoms. The van der Waals surface area contributed by atoms with Gasteiger partial charge in [0.1, 0.15) is 0 Å². The van der Waals surface area contributed by atoms with Crippen LogP contribution >= 0.6 is 0 Å². The molecule has 0 bridgehead atoms. The third kappa shape index (κ3) is 3.76. The third-order valence-electron chi connectivity index (χ3n) is 3.16. The first-order valence-corrected chi connectivity index (χ1v) is 6.30. The van der Waals surface area contributed by atoms with Crippen LogP contribution in [0.4, 0.5) is 18.9 Å². The van der Waals surface area contributed by atoms with Crippen molar-refractivity contribution in [1.82, 2.24) is 0 Å². The van der Waals surface area contributed by atoms with Gasteiger partial charge in [-0.25, -0.2) is 0 Å². The minimum atomic E-state index is -4.28. The molecule has 4 heteroatoms. The lowest BCUT2D eigenvalue weighted by Crippen LogP contribution is -2.20. The number of rotatable bonds is 4. The summed E-state index contributed by atoms with van der Waals surface area (Å²) in [6, 6.07) is 15.9. The van der Waals surface area contributed by atoms with E-state index in [1.54, 1.807) is 0 Å². The number of hydrogen-bond donors (Lipinski definition) is 0. The molecule has 1 nitrogen and oxygen atoms in total. The predicted molar refractivity (Wildman–Crippen MR) is 73.7 cm³/mol. The van der Waals surface area contributed by atoms with Crippen LogP contribution in [0.5, 0.6) is 0 Å². The molecular formula is C16H15F3N. The number of halogens is 3. The van der Waals surface area contributed by atoms with Gasteiger partial charge in [0, 0.05) is 19.3 Å². The van der Waals surface area contributed by atoms with Crippen LogP contribution in [0.2, 0.25) is 0 Å². The molecule has 1 radical (unpaired) electrons. The lowest BCUT2D eigenvalue weighted by atomic mass is 10.1. The summed E-state index contributed by atoms with van der Waals surface area (Å²) in [7, 11) is 1.87. The molecule has 0 unspecified atom stereocenters. The Hall–Kier alpha value is -1.97. The highest BCUT2D eigenvalue weighted by molar-refractivity contribution is 5.47. The second-order valence-electron chi connectivity index (χ2n) is 4.62. The van der Waals surface area contributed by atoms with Crippen LogP contribution in [0.1, 0.15) is 11.1 Å². The first-order valence-electron chi connectivity index (χ1n) is 6.30. The van der Waals surface area contributed by atoms with Crippen LogP contribution in [-0.2, 0) is 12.6 Å². The SMILES string of the molecule is CN(CCc1cc[c]cc1)c1ccc(C(F)(F)F)cc1. The molecule has 0 aliphatic carbocycles. The molecule has 0 heterocycles. The summed E-state index contributed by atoms with van der Waals surface area (Å²) in [6.07, 6.45) is -3.44. The van der Waals surface area contributed by atoms with Gasteiger partial charge in [0.25, 0.3) is 0 Å². The van der Waals surface area contributed by atoms with E-state index in [9.17, 15) is 13.2 Å². The molecule has 0 saturated heterocycles. The van der Waals surface area contributed by atoms with Crippen molar-refractivity contribution >= 4 is 5.69 Å². The van der Waals surface area contributed by atoms with E-state index in [0.29, 0.717) is 0 Å². The van der Waals surface area contributed by atoms with Crippen LogP contribution < -0.4 is 4.90 Å². The van der Waals surface area contributed by atoms with Crippen LogP contribution in [0, 0.1) is 6.07 Å². The summed E-state index contributed by atoms with van der Waals surface area (Å²) in [5.74, 6) is 0. The zero-order valence-electron chi connectivity index (χ0n) is 11.1. The number of benzene rings is 2. The number of anilines is 1. The fourth-order valence-corrected chi connectivity index (χ4v) is 1.92. The van der Waals surface area contributed by atoms with Crippen LogP contribution in [0.3, 0.4) is 0 Å². The zero-order valence-corrected chi connectivity index (χ0v) is 11.1. The van der Waals surface area contributed by atoms with Gasteiger partial charge in [0.15, 0.2) is 0 Å². The van der Waals surface area contributed by atoms with Crippen LogP contribution in [0.15, 0.2) is 48.5 Å². The largest absolute Gasteiger partial charge is 0.416 e. The third-order valence-corrected chi connectivity index (χ3v) is 3.16. The first-order chi connectivity index (χ1) is 9.47. The maximum atomic E-state index is 12.5. The molecule has 0 atom stereocenters. The molecule has 0 aromatic heterocycles. The molecule has 0 N–H and O–H groups in total. The van der Waals surface area contributed by atoms with E-state index in [1.807, 2.05) is 36.2 Å². The maximum absolute atomic E-state index is 12.5. The molecule has 2 aromatic carbocycles. The number of nitrogens with zero attached hydrogens (tertiary/aromatic N) is 1. The predicted octanol–water partition coefficient (Wildman–Crippen LogP) is 4.18. The number of hydrogen-bond acceptors (Lipinski definition) is 1. The average molecular weight is 278 g/mol. The quantitative estimate of drug-likeness (QED) is 0.810. The Bertz CT molecular complexity index is 532. The molecule has 2 rings (SSSR count). The molecule has 0 fully saturated rings. The second-order valence-corrected chi connectivity index (χ2v) is 4.62. The normalized spacial score (nSPS) is 11.4. The van der Waals surface area contributed by atoms with E-state index >= 15 is 0 Å². The van der Waals surface area contributed by atoms with Crippen molar-refractivity contribution < 1.29 is 13.2 Å². The van der Waals surface area contributed by atoms with Crippen LogP contribution in [-0.4, -0.2) is 13.6 Å². The van der Waals surface area contributed by atoms with Gasteiger partial charge in [-0.15, -0.1) is 0 Å². The second kappa shape index (κ2) is 5.99. The molecular weight excluding hydrogens is 263 g/mol. The highest BCUT2D eigenvalue weighted by Crippen LogP contribution is 2.30. The van der Waals surface area contributed by atoms with E-state index in [4.69, 9.17) is 0 Å². The zero-order chi connectivity index (χ0) is 14.6. The number of alkyl halides is 3. The maximum Gasteiger partial charge on any atom is 0.416 e. The van der Waals surface area contributed by atoms with Gasteiger partial charge in [-0.3, -0.25) is 0 Å². The topological polar surface area (TPSA) is 3.24 Å². The lowest BCUT2D eigenvalue weighted by Gasteiger charge is -2.20.